The van der Waals surface area contributed by atoms with Crippen LogP contribution >= 0.6 is 11.8 Å². The van der Waals surface area contributed by atoms with Crippen molar-refractivity contribution in [3.63, 3.8) is 0 Å². The van der Waals surface area contributed by atoms with Crippen molar-refractivity contribution in [2.45, 2.75) is 76.3 Å². The molecule has 0 radical (unpaired) electrons. The van der Waals surface area contributed by atoms with Crippen molar-refractivity contribution in [3.05, 3.63) is 38.8 Å². The molecule has 2 heterocycles. The molecule has 0 N–H and O–H groups in total. The van der Waals surface area contributed by atoms with Gasteiger partial charge < -0.3 is 9.64 Å². The minimum absolute atomic E-state index is 0.00336. The Labute approximate surface area is 210 Å². The molecule has 2 aliphatic carbocycles. The summed E-state index contributed by atoms with van der Waals surface area (Å²) in [5, 5.41) is 12.7. The van der Waals surface area contributed by atoms with Crippen LogP contribution in [0.2, 0.25) is 0 Å². The lowest BCUT2D eigenvalue weighted by molar-refractivity contribution is -0.384. The van der Waals surface area contributed by atoms with Gasteiger partial charge in [-0.15, -0.1) is 0 Å². The molecule has 188 valence electrons. The van der Waals surface area contributed by atoms with Crippen molar-refractivity contribution in [3.8, 4) is 0 Å². The van der Waals surface area contributed by atoms with Crippen molar-refractivity contribution < 1.29 is 14.5 Å². The summed E-state index contributed by atoms with van der Waals surface area (Å²) in [6.45, 7) is 2.39. The highest BCUT2D eigenvalue weighted by Crippen LogP contribution is 2.39. The Morgan fingerprint density at radius 2 is 1.71 bits per heavy atom. The van der Waals surface area contributed by atoms with Gasteiger partial charge in [-0.3, -0.25) is 24.8 Å². The van der Waals surface area contributed by atoms with Crippen LogP contribution in [0.25, 0.3) is 6.08 Å². The van der Waals surface area contributed by atoms with E-state index in [1.807, 2.05) is 21.9 Å². The molecule has 1 aromatic rings. The van der Waals surface area contributed by atoms with Crippen molar-refractivity contribution in [2.24, 2.45) is 4.99 Å². The molecule has 4 aliphatic rings. The molecule has 2 saturated heterocycles. The largest absolute Gasteiger partial charge is 0.378 e. The average Bonchev–Trinajstić information content (AvgIpc) is 3.19. The van der Waals surface area contributed by atoms with Crippen LogP contribution in [0.1, 0.15) is 69.8 Å². The molecular weight excluding hydrogens is 464 g/mol. The van der Waals surface area contributed by atoms with Crippen LogP contribution in [0.3, 0.4) is 0 Å². The minimum Gasteiger partial charge on any atom is -0.378 e. The third kappa shape index (κ3) is 5.56. The average molecular weight is 499 g/mol. The Morgan fingerprint density at radius 3 is 2.40 bits per heavy atom. The number of thioether (sulfide) groups is 1. The molecule has 0 bridgehead atoms. The number of benzene rings is 1. The number of carbonyl (C=O) groups excluding carboxylic acids is 1. The molecule has 0 aromatic heterocycles. The van der Waals surface area contributed by atoms with Gasteiger partial charge in [0.25, 0.3) is 11.6 Å². The van der Waals surface area contributed by atoms with E-state index in [2.05, 4.69) is 0 Å². The van der Waals surface area contributed by atoms with E-state index in [0.717, 1.165) is 43.7 Å². The summed E-state index contributed by atoms with van der Waals surface area (Å²) < 4.78 is 5.39. The molecule has 9 heteroatoms. The van der Waals surface area contributed by atoms with Crippen molar-refractivity contribution in [2.75, 3.05) is 31.2 Å². The van der Waals surface area contributed by atoms with Crippen LogP contribution in [0.5, 0.6) is 0 Å². The zero-order valence-electron chi connectivity index (χ0n) is 20.2. The highest BCUT2D eigenvalue weighted by molar-refractivity contribution is 8.18. The lowest BCUT2D eigenvalue weighted by Crippen LogP contribution is -2.41. The molecule has 0 unspecified atom stereocenters. The zero-order valence-corrected chi connectivity index (χ0v) is 21.0. The van der Waals surface area contributed by atoms with Crippen LogP contribution in [0, 0.1) is 10.1 Å². The number of nitrogens with zero attached hydrogens (tertiary/aromatic N) is 4. The van der Waals surface area contributed by atoms with Gasteiger partial charge in [0.05, 0.1) is 29.1 Å². The summed E-state index contributed by atoms with van der Waals surface area (Å²) in [6.07, 6.45) is 13.2. The Morgan fingerprint density at radius 1 is 1.03 bits per heavy atom. The highest BCUT2D eigenvalue weighted by Gasteiger charge is 2.39. The number of carbonyl (C=O) groups is 1. The van der Waals surface area contributed by atoms with Gasteiger partial charge in [-0.2, -0.15) is 0 Å². The van der Waals surface area contributed by atoms with Crippen LogP contribution in [-0.2, 0) is 9.53 Å². The van der Waals surface area contributed by atoms with E-state index >= 15 is 0 Å². The Bertz CT molecular complexity index is 1010. The van der Waals surface area contributed by atoms with Crippen LogP contribution < -0.4 is 4.90 Å². The van der Waals surface area contributed by atoms with Gasteiger partial charge in [0.15, 0.2) is 5.17 Å². The molecular formula is C26H34N4O4S. The van der Waals surface area contributed by atoms with E-state index < -0.39 is 0 Å². The quantitative estimate of drug-likeness (QED) is 0.308. The summed E-state index contributed by atoms with van der Waals surface area (Å²) in [5.41, 5.74) is 1.35. The van der Waals surface area contributed by atoms with Crippen LogP contribution in [0.4, 0.5) is 11.4 Å². The van der Waals surface area contributed by atoms with Crippen molar-refractivity contribution >= 4 is 40.3 Å². The number of rotatable bonds is 5. The number of amides is 1. The third-order valence-corrected chi connectivity index (χ3v) is 8.49. The second-order valence-corrected chi connectivity index (χ2v) is 10.9. The molecule has 5 rings (SSSR count). The number of nitro groups is 1. The van der Waals surface area contributed by atoms with E-state index in [9.17, 15) is 14.9 Å². The first kappa shape index (κ1) is 24.3. The van der Waals surface area contributed by atoms with Gasteiger partial charge in [0, 0.05) is 25.2 Å². The van der Waals surface area contributed by atoms with Gasteiger partial charge >= 0.3 is 0 Å². The highest BCUT2D eigenvalue weighted by atomic mass is 32.2. The second-order valence-electron chi connectivity index (χ2n) is 9.89. The van der Waals surface area contributed by atoms with E-state index in [1.165, 1.54) is 37.4 Å². The summed E-state index contributed by atoms with van der Waals surface area (Å²) >= 11 is 1.45. The van der Waals surface area contributed by atoms with E-state index in [0.29, 0.717) is 48.5 Å². The first-order chi connectivity index (χ1) is 17.1. The van der Waals surface area contributed by atoms with E-state index in [4.69, 9.17) is 9.73 Å². The molecule has 0 spiro atoms. The molecule has 0 atom stereocenters. The molecule has 1 aromatic carbocycles. The van der Waals surface area contributed by atoms with Gasteiger partial charge in [0.1, 0.15) is 5.69 Å². The predicted octanol–water partition coefficient (Wildman–Crippen LogP) is 5.37. The summed E-state index contributed by atoms with van der Waals surface area (Å²) in [5.74, 6) is -0.00336. The monoisotopic (exact) mass is 498 g/mol. The van der Waals surface area contributed by atoms with Crippen molar-refractivity contribution in [1.29, 1.82) is 0 Å². The molecule has 4 fully saturated rings. The number of amidine groups is 1. The predicted molar refractivity (Wildman–Crippen MR) is 140 cm³/mol. The first-order valence-corrected chi connectivity index (χ1v) is 13.8. The molecule has 2 saturated carbocycles. The molecule has 2 aliphatic heterocycles. The number of nitro benzene ring substituents is 1. The SMILES string of the molecule is O=C1C(=Cc2ccc(N3CCOCC3)c([N+](=O)[O-])c2)SC(=NC2CCCCC2)N1C1CCCCC1. The Hall–Kier alpha value is -2.39. The number of anilines is 1. The fourth-order valence-corrected chi connectivity index (χ4v) is 6.71. The number of aliphatic imine (C=N–C) groups is 1. The van der Waals surface area contributed by atoms with Gasteiger partial charge in [0.2, 0.25) is 0 Å². The topological polar surface area (TPSA) is 88.3 Å². The van der Waals surface area contributed by atoms with E-state index in [-0.39, 0.29) is 22.6 Å². The van der Waals surface area contributed by atoms with Gasteiger partial charge in [-0.05, 0) is 55.2 Å². The molecule has 1 amide bonds. The lowest BCUT2D eigenvalue weighted by atomic mass is 9.94. The summed E-state index contributed by atoms with van der Waals surface area (Å²) in [4.78, 5) is 34.8. The van der Waals surface area contributed by atoms with Gasteiger partial charge in [-0.1, -0.05) is 44.6 Å². The number of hydrogen-bond donors (Lipinski definition) is 0. The summed E-state index contributed by atoms with van der Waals surface area (Å²) in [7, 11) is 0. The number of morpholine rings is 1. The first-order valence-electron chi connectivity index (χ1n) is 13.0. The molecule has 35 heavy (non-hydrogen) atoms. The third-order valence-electron chi connectivity index (χ3n) is 7.49. The maximum absolute atomic E-state index is 13.6. The molecule has 8 nitrogen and oxygen atoms in total. The maximum Gasteiger partial charge on any atom is 0.293 e. The fourth-order valence-electron chi connectivity index (χ4n) is 5.60. The fraction of sp³-hybridized carbons (Fsp3) is 0.615. The van der Waals surface area contributed by atoms with Gasteiger partial charge in [-0.25, -0.2) is 0 Å². The van der Waals surface area contributed by atoms with Crippen LogP contribution in [0.15, 0.2) is 28.1 Å². The zero-order chi connectivity index (χ0) is 24.2. The Kier molecular flexibility index (Phi) is 7.72. The summed E-state index contributed by atoms with van der Waals surface area (Å²) in [6, 6.07) is 5.76. The lowest BCUT2D eigenvalue weighted by Gasteiger charge is -2.31. The minimum atomic E-state index is -0.333. The van der Waals surface area contributed by atoms with Crippen molar-refractivity contribution in [1.82, 2.24) is 4.90 Å². The van der Waals surface area contributed by atoms with E-state index in [1.54, 1.807) is 12.1 Å². The van der Waals surface area contributed by atoms with Crippen LogP contribution in [-0.4, -0.2) is 59.3 Å². The maximum atomic E-state index is 13.6. The standard InChI is InChI=1S/C26H34N4O4S/c31-25-24(18-19-11-12-22(23(17-19)30(32)33)28-13-15-34-16-14-28)35-26(27-20-7-3-1-4-8-20)29(25)21-9-5-2-6-10-21/h11-12,17-18,20-21H,1-10,13-16H2. The number of ether oxygens (including phenoxy) is 1. The smallest absolute Gasteiger partial charge is 0.293 e. The number of hydrogen-bond acceptors (Lipinski definition) is 7. The normalized spacial score (nSPS) is 25.1. The Balaban J connectivity index is 1.44. The second kappa shape index (κ2) is 11.1.